The van der Waals surface area contributed by atoms with Gasteiger partial charge in [0.05, 0.1) is 13.2 Å². The predicted molar refractivity (Wildman–Crippen MR) is 127 cm³/mol. The van der Waals surface area contributed by atoms with Gasteiger partial charge in [0.2, 0.25) is 0 Å². The lowest BCUT2D eigenvalue weighted by atomic mass is 10.0. The Morgan fingerprint density at radius 3 is 2.61 bits per heavy atom. The smallest absolute Gasteiger partial charge is 0.191 e. The Hall–Kier alpha value is -0.870. The van der Waals surface area contributed by atoms with Crippen molar-refractivity contribution in [3.05, 3.63) is 18.2 Å². The molecule has 1 atom stereocenters. The maximum Gasteiger partial charge on any atom is 0.191 e. The van der Waals surface area contributed by atoms with E-state index in [-0.39, 0.29) is 24.0 Å². The minimum Gasteiger partial charge on any atom is -0.379 e. The number of nitrogens with zero attached hydrogens (tertiary/aromatic N) is 4. The van der Waals surface area contributed by atoms with E-state index in [1.165, 1.54) is 6.42 Å². The Morgan fingerprint density at radius 2 is 2.00 bits per heavy atom. The summed E-state index contributed by atoms with van der Waals surface area (Å²) in [5, 5.41) is 6.97. The van der Waals surface area contributed by atoms with E-state index < -0.39 is 0 Å². The topological polar surface area (TPSA) is 66.7 Å². The minimum absolute atomic E-state index is 0. The molecule has 2 N–H and O–H groups in total. The number of aryl methyl sites for hydroxylation is 2. The lowest BCUT2D eigenvalue weighted by Gasteiger charge is -2.35. The number of aliphatic imine (C=N–C) groups is 1. The molecule has 0 aromatic carbocycles. The SMILES string of the molecule is CN=C(NCCCCn1ccnc1C)NCC(CC(C)C)N1CCOCC1.I. The molecule has 0 bridgehead atoms. The van der Waals surface area contributed by atoms with Gasteiger partial charge in [-0.25, -0.2) is 4.98 Å². The molecule has 1 aliphatic rings. The number of guanidine groups is 1. The zero-order valence-corrected chi connectivity index (χ0v) is 20.3. The molecule has 2 rings (SSSR count). The fourth-order valence-electron chi connectivity index (χ4n) is 3.54. The molecule has 0 amide bonds. The molecule has 1 unspecified atom stereocenters. The van der Waals surface area contributed by atoms with Crippen LogP contribution in [0.4, 0.5) is 0 Å². The number of hydrogen-bond donors (Lipinski definition) is 2. The largest absolute Gasteiger partial charge is 0.379 e. The van der Waals surface area contributed by atoms with Crippen molar-refractivity contribution in [2.45, 2.75) is 52.6 Å². The van der Waals surface area contributed by atoms with Crippen LogP contribution in [0.5, 0.6) is 0 Å². The number of rotatable bonds is 10. The van der Waals surface area contributed by atoms with Crippen LogP contribution in [0, 0.1) is 12.8 Å². The molecule has 7 nitrogen and oxygen atoms in total. The molecule has 0 radical (unpaired) electrons. The van der Waals surface area contributed by atoms with Crippen LogP contribution in [0.1, 0.15) is 38.9 Å². The van der Waals surface area contributed by atoms with Crippen LogP contribution in [-0.2, 0) is 11.3 Å². The molecular formula is C20H39IN6O. The molecule has 1 aliphatic heterocycles. The van der Waals surface area contributed by atoms with Crippen molar-refractivity contribution in [2.24, 2.45) is 10.9 Å². The third kappa shape index (κ3) is 9.09. The summed E-state index contributed by atoms with van der Waals surface area (Å²) >= 11 is 0. The van der Waals surface area contributed by atoms with E-state index in [9.17, 15) is 0 Å². The highest BCUT2D eigenvalue weighted by molar-refractivity contribution is 14.0. The number of halogens is 1. The van der Waals surface area contributed by atoms with Crippen molar-refractivity contribution in [2.75, 3.05) is 46.4 Å². The summed E-state index contributed by atoms with van der Waals surface area (Å²) < 4.78 is 7.71. The Bertz CT molecular complexity index is 557. The van der Waals surface area contributed by atoms with Crippen LogP contribution >= 0.6 is 24.0 Å². The van der Waals surface area contributed by atoms with Crippen molar-refractivity contribution >= 4 is 29.9 Å². The second kappa shape index (κ2) is 14.2. The number of ether oxygens (including phenoxy) is 1. The maximum absolute atomic E-state index is 5.51. The summed E-state index contributed by atoms with van der Waals surface area (Å²) in [5.74, 6) is 2.66. The van der Waals surface area contributed by atoms with Crippen LogP contribution in [0.2, 0.25) is 0 Å². The molecular weight excluding hydrogens is 467 g/mol. The minimum atomic E-state index is 0. The summed E-state index contributed by atoms with van der Waals surface area (Å²) in [6.07, 6.45) is 7.33. The van der Waals surface area contributed by atoms with Crippen LogP contribution < -0.4 is 10.6 Å². The number of morpholine rings is 1. The van der Waals surface area contributed by atoms with Crippen LogP contribution in [-0.4, -0.2) is 72.9 Å². The maximum atomic E-state index is 5.51. The van der Waals surface area contributed by atoms with Gasteiger partial charge in [-0.05, 0) is 32.1 Å². The number of imidazole rings is 1. The number of aromatic nitrogens is 2. The first kappa shape index (κ1) is 25.2. The first-order chi connectivity index (χ1) is 13.1. The molecule has 0 aliphatic carbocycles. The van der Waals surface area contributed by atoms with Crippen LogP contribution in [0.3, 0.4) is 0 Å². The lowest BCUT2D eigenvalue weighted by Crippen LogP contribution is -2.51. The Balaban J connectivity index is 0.00000392. The van der Waals surface area contributed by atoms with Gasteiger partial charge in [-0.15, -0.1) is 24.0 Å². The molecule has 28 heavy (non-hydrogen) atoms. The van der Waals surface area contributed by atoms with Gasteiger partial charge in [-0.3, -0.25) is 9.89 Å². The van der Waals surface area contributed by atoms with Crippen molar-refractivity contribution in [3.8, 4) is 0 Å². The molecule has 0 saturated carbocycles. The highest BCUT2D eigenvalue weighted by Crippen LogP contribution is 2.13. The number of nitrogens with one attached hydrogen (secondary N) is 2. The molecule has 0 spiro atoms. The predicted octanol–water partition coefficient (Wildman–Crippen LogP) is 2.50. The Labute approximate surface area is 187 Å². The normalized spacial score (nSPS) is 16.7. The quantitative estimate of drug-likeness (QED) is 0.221. The van der Waals surface area contributed by atoms with E-state index in [2.05, 4.69) is 43.9 Å². The zero-order valence-electron chi connectivity index (χ0n) is 18.0. The second-order valence-corrected chi connectivity index (χ2v) is 7.69. The van der Waals surface area contributed by atoms with Gasteiger partial charge in [0.1, 0.15) is 5.82 Å². The van der Waals surface area contributed by atoms with Gasteiger partial charge in [-0.1, -0.05) is 13.8 Å². The van der Waals surface area contributed by atoms with Gasteiger partial charge in [-0.2, -0.15) is 0 Å². The summed E-state index contributed by atoms with van der Waals surface area (Å²) in [5.41, 5.74) is 0. The van der Waals surface area contributed by atoms with E-state index in [1.807, 2.05) is 26.4 Å². The highest BCUT2D eigenvalue weighted by Gasteiger charge is 2.22. The number of hydrogen-bond acceptors (Lipinski definition) is 4. The summed E-state index contributed by atoms with van der Waals surface area (Å²) in [6, 6.07) is 0.525. The van der Waals surface area contributed by atoms with Crippen molar-refractivity contribution in [3.63, 3.8) is 0 Å². The highest BCUT2D eigenvalue weighted by atomic mass is 127. The Kier molecular flexibility index (Phi) is 12.7. The van der Waals surface area contributed by atoms with Crippen LogP contribution in [0.15, 0.2) is 17.4 Å². The van der Waals surface area contributed by atoms with Crippen LogP contribution in [0.25, 0.3) is 0 Å². The summed E-state index contributed by atoms with van der Waals surface area (Å²) in [4.78, 5) is 11.2. The average molecular weight is 506 g/mol. The summed E-state index contributed by atoms with van der Waals surface area (Å²) in [6.45, 7) is 13.3. The first-order valence-corrected chi connectivity index (χ1v) is 10.3. The third-order valence-electron chi connectivity index (χ3n) is 5.08. The molecule has 1 fully saturated rings. The van der Waals surface area contributed by atoms with Gasteiger partial charge in [0.15, 0.2) is 5.96 Å². The van der Waals surface area contributed by atoms with E-state index in [1.54, 1.807) is 0 Å². The van der Waals surface area contributed by atoms with Crippen molar-refractivity contribution in [1.29, 1.82) is 0 Å². The zero-order chi connectivity index (χ0) is 19.5. The molecule has 1 saturated heterocycles. The molecule has 1 aromatic rings. The lowest BCUT2D eigenvalue weighted by molar-refractivity contribution is 0.0132. The van der Waals surface area contributed by atoms with Crippen molar-refractivity contribution < 1.29 is 4.74 Å². The first-order valence-electron chi connectivity index (χ1n) is 10.3. The molecule has 2 heterocycles. The average Bonchev–Trinajstić information content (AvgIpc) is 3.08. The van der Waals surface area contributed by atoms with Gasteiger partial charge >= 0.3 is 0 Å². The fraction of sp³-hybridized carbons (Fsp3) is 0.800. The molecule has 8 heteroatoms. The van der Waals surface area contributed by atoms with Gasteiger partial charge in [0, 0.05) is 58.2 Å². The molecule has 1 aromatic heterocycles. The van der Waals surface area contributed by atoms with E-state index in [0.717, 1.165) is 70.6 Å². The Morgan fingerprint density at radius 1 is 1.25 bits per heavy atom. The second-order valence-electron chi connectivity index (χ2n) is 7.69. The monoisotopic (exact) mass is 506 g/mol. The standard InChI is InChI=1S/C20H38N6O.HI/c1-17(2)15-19(26-11-13-27-14-12-26)16-24-20(21-4)23-7-5-6-9-25-10-8-22-18(25)3;/h8,10,17,19H,5-7,9,11-16H2,1-4H3,(H2,21,23,24);1H. The third-order valence-corrected chi connectivity index (χ3v) is 5.08. The summed E-state index contributed by atoms with van der Waals surface area (Å²) in [7, 11) is 1.84. The fourth-order valence-corrected chi connectivity index (χ4v) is 3.54. The van der Waals surface area contributed by atoms with E-state index >= 15 is 0 Å². The van der Waals surface area contributed by atoms with E-state index in [4.69, 9.17) is 4.74 Å². The van der Waals surface area contributed by atoms with Gasteiger partial charge < -0.3 is 19.9 Å². The van der Waals surface area contributed by atoms with Gasteiger partial charge in [0.25, 0.3) is 0 Å². The molecule has 162 valence electrons. The number of unbranched alkanes of at least 4 members (excludes halogenated alkanes) is 1. The van der Waals surface area contributed by atoms with Crippen molar-refractivity contribution in [1.82, 2.24) is 25.1 Å². The van der Waals surface area contributed by atoms with E-state index in [0.29, 0.717) is 12.0 Å².